The Balaban J connectivity index is 2.00. The summed E-state index contributed by atoms with van der Waals surface area (Å²) in [7, 11) is 0. The monoisotopic (exact) mass is 199 g/mol. The number of ether oxygens (including phenoxy) is 1. The van der Waals surface area contributed by atoms with Gasteiger partial charge in [-0.15, -0.1) is 0 Å². The van der Waals surface area contributed by atoms with Gasteiger partial charge in [-0.2, -0.15) is 0 Å². The molecular weight excluding hydrogens is 182 g/mol. The molecule has 0 aromatic rings. The summed E-state index contributed by atoms with van der Waals surface area (Å²) in [6.07, 6.45) is 4.95. The number of unbranched alkanes of at least 4 members (excludes halogenated alkanes) is 2. The van der Waals surface area contributed by atoms with Gasteiger partial charge in [0.15, 0.2) is 0 Å². The molecule has 1 rings (SSSR count). The molecule has 1 aliphatic heterocycles. The fraction of sp³-hybridized carbons (Fsp3) is 0.800. The van der Waals surface area contributed by atoms with E-state index in [-0.39, 0.29) is 12.0 Å². The van der Waals surface area contributed by atoms with Gasteiger partial charge in [-0.05, 0) is 32.2 Å². The van der Waals surface area contributed by atoms with Gasteiger partial charge in [0.05, 0.1) is 6.61 Å². The molecule has 1 fully saturated rings. The standard InChI is InChI=1S/C10H17NO3/c12-7-2-1-3-8-14-10(13)9-5-4-6-11-9/h7,9,11H,1-6,8H2. The molecule has 1 aliphatic rings. The van der Waals surface area contributed by atoms with Gasteiger partial charge >= 0.3 is 5.97 Å². The van der Waals surface area contributed by atoms with Gasteiger partial charge in [0, 0.05) is 6.42 Å². The van der Waals surface area contributed by atoms with Crippen molar-refractivity contribution < 1.29 is 14.3 Å². The summed E-state index contributed by atoms with van der Waals surface area (Å²) >= 11 is 0. The lowest BCUT2D eigenvalue weighted by Crippen LogP contribution is -2.32. The molecule has 0 aliphatic carbocycles. The van der Waals surface area contributed by atoms with Gasteiger partial charge in [-0.1, -0.05) is 0 Å². The summed E-state index contributed by atoms with van der Waals surface area (Å²) in [5, 5.41) is 3.08. The van der Waals surface area contributed by atoms with Gasteiger partial charge < -0.3 is 14.8 Å². The van der Waals surface area contributed by atoms with Crippen molar-refractivity contribution >= 4 is 12.3 Å². The number of nitrogens with one attached hydrogen (secondary N) is 1. The molecule has 1 unspecified atom stereocenters. The van der Waals surface area contributed by atoms with Crippen LogP contribution in [0.3, 0.4) is 0 Å². The minimum absolute atomic E-state index is 0.0962. The van der Waals surface area contributed by atoms with E-state index in [1.165, 1.54) is 0 Å². The Morgan fingerprint density at radius 2 is 2.36 bits per heavy atom. The maximum Gasteiger partial charge on any atom is 0.323 e. The smallest absolute Gasteiger partial charge is 0.323 e. The van der Waals surface area contributed by atoms with Gasteiger partial charge in [0.1, 0.15) is 12.3 Å². The molecule has 0 amide bonds. The Hall–Kier alpha value is -0.900. The first kappa shape index (κ1) is 11.2. The van der Waals surface area contributed by atoms with Crippen LogP contribution < -0.4 is 5.32 Å². The summed E-state index contributed by atoms with van der Waals surface area (Å²) in [5.74, 6) is -0.145. The zero-order chi connectivity index (χ0) is 10.2. The van der Waals surface area contributed by atoms with Crippen LogP contribution in [-0.4, -0.2) is 31.4 Å². The molecular formula is C10H17NO3. The Morgan fingerprint density at radius 3 is 3.00 bits per heavy atom. The summed E-state index contributed by atoms with van der Waals surface area (Å²) in [6.45, 7) is 1.34. The lowest BCUT2D eigenvalue weighted by Gasteiger charge is -2.09. The van der Waals surface area contributed by atoms with Crippen LogP contribution in [0, 0.1) is 0 Å². The Bertz CT molecular complexity index is 188. The van der Waals surface area contributed by atoms with Gasteiger partial charge in [-0.3, -0.25) is 4.79 Å². The van der Waals surface area contributed by atoms with Gasteiger partial charge in [0.2, 0.25) is 0 Å². The van der Waals surface area contributed by atoms with E-state index in [0.29, 0.717) is 13.0 Å². The van der Waals surface area contributed by atoms with E-state index >= 15 is 0 Å². The number of esters is 1. The van der Waals surface area contributed by atoms with E-state index in [1.807, 2.05) is 0 Å². The number of rotatable bonds is 6. The minimum atomic E-state index is -0.145. The highest BCUT2D eigenvalue weighted by Gasteiger charge is 2.22. The largest absolute Gasteiger partial charge is 0.465 e. The minimum Gasteiger partial charge on any atom is -0.465 e. The van der Waals surface area contributed by atoms with Gasteiger partial charge in [0.25, 0.3) is 0 Å². The van der Waals surface area contributed by atoms with Crippen LogP contribution in [-0.2, 0) is 14.3 Å². The first-order valence-corrected chi connectivity index (χ1v) is 5.18. The molecule has 1 heterocycles. The Labute approximate surface area is 84.0 Å². The second-order valence-corrected chi connectivity index (χ2v) is 3.48. The predicted molar refractivity (Wildman–Crippen MR) is 51.9 cm³/mol. The van der Waals surface area contributed by atoms with Crippen LogP contribution in [0.25, 0.3) is 0 Å². The molecule has 0 spiro atoms. The number of aldehydes is 1. The summed E-state index contributed by atoms with van der Waals surface area (Å²) < 4.78 is 5.06. The maximum atomic E-state index is 11.3. The van der Waals surface area contributed by atoms with Crippen molar-refractivity contribution in [3.63, 3.8) is 0 Å². The van der Waals surface area contributed by atoms with E-state index in [0.717, 1.165) is 38.5 Å². The fourth-order valence-electron chi connectivity index (χ4n) is 1.49. The van der Waals surface area contributed by atoms with E-state index in [4.69, 9.17) is 4.74 Å². The highest BCUT2D eigenvalue weighted by Crippen LogP contribution is 2.06. The topological polar surface area (TPSA) is 55.4 Å². The molecule has 1 saturated heterocycles. The number of carbonyl (C=O) groups excluding carboxylic acids is 2. The molecule has 0 radical (unpaired) electrons. The third kappa shape index (κ3) is 3.87. The normalized spacial score (nSPS) is 20.7. The van der Waals surface area contributed by atoms with Crippen molar-refractivity contribution in [2.75, 3.05) is 13.2 Å². The highest BCUT2D eigenvalue weighted by molar-refractivity contribution is 5.76. The molecule has 0 aromatic carbocycles. The zero-order valence-corrected chi connectivity index (χ0v) is 8.33. The van der Waals surface area contributed by atoms with Crippen molar-refractivity contribution in [3.05, 3.63) is 0 Å². The van der Waals surface area contributed by atoms with Crippen LogP contribution in [0.2, 0.25) is 0 Å². The zero-order valence-electron chi connectivity index (χ0n) is 8.33. The second kappa shape index (κ2) is 6.54. The molecule has 80 valence electrons. The first-order valence-electron chi connectivity index (χ1n) is 5.18. The molecule has 1 N–H and O–H groups in total. The number of hydrogen-bond acceptors (Lipinski definition) is 4. The Morgan fingerprint density at radius 1 is 1.50 bits per heavy atom. The molecule has 4 nitrogen and oxygen atoms in total. The third-order valence-electron chi connectivity index (χ3n) is 2.31. The van der Waals surface area contributed by atoms with Crippen LogP contribution in [0.4, 0.5) is 0 Å². The summed E-state index contributed by atoms with van der Waals surface area (Å²) in [6, 6.07) is -0.0962. The van der Waals surface area contributed by atoms with Crippen LogP contribution in [0.1, 0.15) is 32.1 Å². The van der Waals surface area contributed by atoms with Crippen molar-refractivity contribution in [1.82, 2.24) is 5.32 Å². The van der Waals surface area contributed by atoms with E-state index in [9.17, 15) is 9.59 Å². The number of hydrogen-bond donors (Lipinski definition) is 1. The SMILES string of the molecule is O=CCCCCOC(=O)C1CCCN1. The first-order chi connectivity index (χ1) is 6.84. The Kier molecular flexibility index (Phi) is 5.22. The van der Waals surface area contributed by atoms with Crippen molar-refractivity contribution in [2.45, 2.75) is 38.1 Å². The lowest BCUT2D eigenvalue weighted by molar-refractivity contribution is -0.145. The van der Waals surface area contributed by atoms with E-state index < -0.39 is 0 Å². The van der Waals surface area contributed by atoms with Crippen LogP contribution in [0.15, 0.2) is 0 Å². The molecule has 0 aromatic heterocycles. The fourth-order valence-corrected chi connectivity index (χ4v) is 1.49. The molecule has 1 atom stereocenters. The number of carbonyl (C=O) groups is 2. The van der Waals surface area contributed by atoms with E-state index in [2.05, 4.69) is 5.32 Å². The predicted octanol–water partition coefficient (Wildman–Crippen LogP) is 0.651. The third-order valence-corrected chi connectivity index (χ3v) is 2.31. The molecule has 14 heavy (non-hydrogen) atoms. The second-order valence-electron chi connectivity index (χ2n) is 3.48. The highest BCUT2D eigenvalue weighted by atomic mass is 16.5. The maximum absolute atomic E-state index is 11.3. The average Bonchev–Trinajstić information content (AvgIpc) is 2.70. The molecule has 0 saturated carbocycles. The molecule has 0 bridgehead atoms. The lowest BCUT2D eigenvalue weighted by atomic mass is 10.2. The van der Waals surface area contributed by atoms with Crippen LogP contribution >= 0.6 is 0 Å². The van der Waals surface area contributed by atoms with Gasteiger partial charge in [-0.25, -0.2) is 0 Å². The quantitative estimate of drug-likeness (QED) is 0.388. The van der Waals surface area contributed by atoms with Crippen molar-refractivity contribution in [3.8, 4) is 0 Å². The summed E-state index contributed by atoms with van der Waals surface area (Å²) in [5.41, 5.74) is 0. The van der Waals surface area contributed by atoms with Crippen molar-refractivity contribution in [1.29, 1.82) is 0 Å². The average molecular weight is 199 g/mol. The van der Waals surface area contributed by atoms with Crippen molar-refractivity contribution in [2.24, 2.45) is 0 Å². The van der Waals surface area contributed by atoms with Crippen LogP contribution in [0.5, 0.6) is 0 Å². The van der Waals surface area contributed by atoms with E-state index in [1.54, 1.807) is 0 Å². The molecule has 4 heteroatoms. The summed E-state index contributed by atoms with van der Waals surface area (Å²) in [4.78, 5) is 21.3.